The molecule has 0 heterocycles. The Kier molecular flexibility index (Phi) is 4.40. The second kappa shape index (κ2) is 5.38. The minimum absolute atomic E-state index is 0.352. The molecule has 1 N–H and O–H groups in total. The van der Waals surface area contributed by atoms with Crippen molar-refractivity contribution >= 4 is 0 Å². The zero-order valence-corrected chi connectivity index (χ0v) is 11.0. The summed E-state index contributed by atoms with van der Waals surface area (Å²) in [4.78, 5) is 0. The van der Waals surface area contributed by atoms with Gasteiger partial charge in [-0.2, -0.15) is 0 Å². The molecule has 0 spiro atoms. The molecule has 0 aliphatic heterocycles. The van der Waals surface area contributed by atoms with E-state index in [0.29, 0.717) is 17.1 Å². The van der Waals surface area contributed by atoms with Gasteiger partial charge in [-0.15, -0.1) is 0 Å². The summed E-state index contributed by atoms with van der Waals surface area (Å²) in [5, 5.41) is 9.26. The Bertz CT molecular complexity index is 309. The summed E-state index contributed by atoms with van der Waals surface area (Å²) in [6.45, 7) is 9.18. The van der Waals surface area contributed by atoms with E-state index in [-0.39, 0.29) is 0 Å². The van der Waals surface area contributed by atoms with Gasteiger partial charge in [0.2, 0.25) is 0 Å². The fourth-order valence-corrected chi connectivity index (χ4v) is 2.20. The lowest BCUT2D eigenvalue weighted by atomic mass is 9.75. The average molecular weight is 220 g/mol. The van der Waals surface area contributed by atoms with Crippen LogP contribution in [0.3, 0.4) is 0 Å². The van der Waals surface area contributed by atoms with Crippen molar-refractivity contribution in [2.24, 2.45) is 5.41 Å². The van der Waals surface area contributed by atoms with Crippen LogP contribution in [0.25, 0.3) is 0 Å². The van der Waals surface area contributed by atoms with Gasteiger partial charge in [0.15, 0.2) is 0 Å². The zero-order chi connectivity index (χ0) is 12.2. The van der Waals surface area contributed by atoms with Crippen molar-refractivity contribution in [3.8, 4) is 5.75 Å². The topological polar surface area (TPSA) is 20.2 Å². The summed E-state index contributed by atoms with van der Waals surface area (Å²) in [7, 11) is 0. The highest BCUT2D eigenvalue weighted by Gasteiger charge is 2.23. The maximum Gasteiger partial charge on any atom is 0.115 e. The molecular weight excluding hydrogens is 196 g/mol. The van der Waals surface area contributed by atoms with E-state index in [1.807, 2.05) is 12.1 Å². The normalized spacial score (nSPS) is 13.8. The Hall–Kier alpha value is -0.980. The van der Waals surface area contributed by atoms with E-state index in [1.165, 1.54) is 24.8 Å². The lowest BCUT2D eigenvalue weighted by Gasteiger charge is -2.30. The first-order valence-corrected chi connectivity index (χ1v) is 6.29. The summed E-state index contributed by atoms with van der Waals surface area (Å²) in [5.41, 5.74) is 1.77. The summed E-state index contributed by atoms with van der Waals surface area (Å²) in [5.74, 6) is 0.912. The van der Waals surface area contributed by atoms with Gasteiger partial charge in [0.25, 0.3) is 0 Å². The van der Waals surface area contributed by atoms with Gasteiger partial charge < -0.3 is 5.11 Å². The highest BCUT2D eigenvalue weighted by molar-refractivity contribution is 5.28. The molecule has 1 aromatic carbocycles. The van der Waals surface area contributed by atoms with Crippen molar-refractivity contribution in [2.45, 2.75) is 52.9 Å². The average Bonchev–Trinajstić information content (AvgIpc) is 2.29. The van der Waals surface area contributed by atoms with E-state index in [2.05, 4.69) is 27.7 Å². The molecule has 0 fully saturated rings. The summed E-state index contributed by atoms with van der Waals surface area (Å²) >= 11 is 0. The van der Waals surface area contributed by atoms with Crippen molar-refractivity contribution in [3.63, 3.8) is 0 Å². The van der Waals surface area contributed by atoms with Crippen molar-refractivity contribution in [1.29, 1.82) is 0 Å². The molecule has 0 saturated carbocycles. The van der Waals surface area contributed by atoms with E-state index in [1.54, 1.807) is 12.1 Å². The number of hydrogen-bond donors (Lipinski definition) is 1. The van der Waals surface area contributed by atoms with Crippen molar-refractivity contribution in [3.05, 3.63) is 29.8 Å². The van der Waals surface area contributed by atoms with Crippen LogP contribution in [0, 0.1) is 5.41 Å². The monoisotopic (exact) mass is 220 g/mol. The van der Waals surface area contributed by atoms with E-state index >= 15 is 0 Å². The van der Waals surface area contributed by atoms with Crippen LogP contribution in [-0.2, 0) is 0 Å². The molecule has 16 heavy (non-hydrogen) atoms. The van der Waals surface area contributed by atoms with Gasteiger partial charge in [-0.1, -0.05) is 52.7 Å². The fourth-order valence-electron chi connectivity index (χ4n) is 2.20. The van der Waals surface area contributed by atoms with Crippen LogP contribution in [0.5, 0.6) is 5.75 Å². The van der Waals surface area contributed by atoms with Crippen LogP contribution in [0.2, 0.25) is 0 Å². The number of aromatic hydroxyl groups is 1. The predicted octanol–water partition coefficient (Wildman–Crippen LogP) is 4.71. The summed E-state index contributed by atoms with van der Waals surface area (Å²) in [6.07, 6.45) is 3.67. The summed E-state index contributed by atoms with van der Waals surface area (Å²) in [6, 6.07) is 7.62. The van der Waals surface area contributed by atoms with Gasteiger partial charge in [-0.3, -0.25) is 0 Å². The Morgan fingerprint density at radius 1 is 1.12 bits per heavy atom. The van der Waals surface area contributed by atoms with Crippen molar-refractivity contribution < 1.29 is 5.11 Å². The largest absolute Gasteiger partial charge is 0.508 e. The molecule has 90 valence electrons. The molecule has 1 atom stereocenters. The minimum atomic E-state index is 0.352. The number of benzene rings is 1. The van der Waals surface area contributed by atoms with E-state index < -0.39 is 0 Å². The zero-order valence-electron chi connectivity index (χ0n) is 11.0. The quantitative estimate of drug-likeness (QED) is 0.761. The van der Waals surface area contributed by atoms with Gasteiger partial charge in [-0.05, 0) is 35.4 Å². The molecule has 0 radical (unpaired) electrons. The third-order valence-electron chi connectivity index (χ3n) is 3.97. The third kappa shape index (κ3) is 3.26. The smallest absolute Gasteiger partial charge is 0.115 e. The van der Waals surface area contributed by atoms with Crippen LogP contribution >= 0.6 is 0 Å². The van der Waals surface area contributed by atoms with Gasteiger partial charge in [0.1, 0.15) is 5.75 Å². The third-order valence-corrected chi connectivity index (χ3v) is 3.97. The molecule has 0 aliphatic rings. The van der Waals surface area contributed by atoms with Gasteiger partial charge >= 0.3 is 0 Å². The van der Waals surface area contributed by atoms with Crippen LogP contribution in [0.15, 0.2) is 24.3 Å². The number of phenolic OH excluding ortho intramolecular Hbond substituents is 1. The minimum Gasteiger partial charge on any atom is -0.508 e. The van der Waals surface area contributed by atoms with E-state index in [9.17, 15) is 5.11 Å². The summed E-state index contributed by atoms with van der Waals surface area (Å²) < 4.78 is 0. The SMILES string of the molecule is CCC(C)(CC)CC(C)c1ccc(O)cc1. The molecule has 1 unspecified atom stereocenters. The molecule has 0 amide bonds. The lowest BCUT2D eigenvalue weighted by Crippen LogP contribution is -2.16. The van der Waals surface area contributed by atoms with Crippen LogP contribution in [-0.4, -0.2) is 5.11 Å². The lowest BCUT2D eigenvalue weighted by molar-refractivity contribution is 0.255. The number of rotatable bonds is 5. The number of hydrogen-bond acceptors (Lipinski definition) is 1. The molecular formula is C15H24O. The first-order valence-electron chi connectivity index (χ1n) is 6.29. The molecule has 0 saturated heterocycles. The molecule has 1 heteroatoms. The molecule has 0 bridgehead atoms. The first-order chi connectivity index (χ1) is 7.50. The standard InChI is InChI=1S/C15H24O/c1-5-15(4,6-2)11-12(3)13-7-9-14(16)10-8-13/h7-10,12,16H,5-6,11H2,1-4H3. The number of phenols is 1. The highest BCUT2D eigenvalue weighted by atomic mass is 16.3. The highest BCUT2D eigenvalue weighted by Crippen LogP contribution is 2.37. The Labute approximate surface area is 99.5 Å². The maximum absolute atomic E-state index is 9.26. The first kappa shape index (κ1) is 13.1. The van der Waals surface area contributed by atoms with Gasteiger partial charge in [0.05, 0.1) is 0 Å². The molecule has 0 aliphatic carbocycles. The van der Waals surface area contributed by atoms with Crippen LogP contribution in [0.1, 0.15) is 58.4 Å². The maximum atomic E-state index is 9.26. The molecule has 0 aromatic heterocycles. The second-order valence-corrected chi connectivity index (χ2v) is 5.21. The van der Waals surface area contributed by atoms with Crippen molar-refractivity contribution in [2.75, 3.05) is 0 Å². The van der Waals surface area contributed by atoms with E-state index in [4.69, 9.17) is 0 Å². The van der Waals surface area contributed by atoms with Crippen molar-refractivity contribution in [1.82, 2.24) is 0 Å². The Morgan fingerprint density at radius 2 is 1.62 bits per heavy atom. The molecule has 1 nitrogen and oxygen atoms in total. The fraction of sp³-hybridized carbons (Fsp3) is 0.600. The van der Waals surface area contributed by atoms with Crippen LogP contribution in [0.4, 0.5) is 0 Å². The van der Waals surface area contributed by atoms with E-state index in [0.717, 1.165) is 0 Å². The second-order valence-electron chi connectivity index (χ2n) is 5.21. The Morgan fingerprint density at radius 3 is 2.06 bits per heavy atom. The van der Waals surface area contributed by atoms with Crippen LogP contribution < -0.4 is 0 Å². The molecule has 1 rings (SSSR count). The van der Waals surface area contributed by atoms with Gasteiger partial charge in [0, 0.05) is 0 Å². The molecule has 1 aromatic rings. The predicted molar refractivity (Wildman–Crippen MR) is 69.8 cm³/mol. The Balaban J connectivity index is 2.71. The van der Waals surface area contributed by atoms with Gasteiger partial charge in [-0.25, -0.2) is 0 Å².